The summed E-state index contributed by atoms with van der Waals surface area (Å²) in [4.78, 5) is 77.1. The van der Waals surface area contributed by atoms with Crippen LogP contribution < -0.4 is 11.1 Å². The number of thiazole rings is 1. The molecule has 6 rings (SSSR count). The monoisotopic (exact) mass is 778 g/mol. The SMILES string of the molecule is C[C@@H]1S[C@@H]2[C@H](NC(=O)/C(=N\OC(C)(C)C(=O)O)c3csc(N)n3)C(=O)N2C(C(=O)O)=C1C[N+]12CCC[C@H]1CN(C(=O)c1cc(O)c(O)c(Cl)c1)CC2. The normalized spacial score (nSPS) is 26.0. The van der Waals surface area contributed by atoms with Gasteiger partial charge in [0.1, 0.15) is 35.4 Å². The Labute approximate surface area is 310 Å². The molecule has 4 aliphatic rings. The summed E-state index contributed by atoms with van der Waals surface area (Å²) in [6.45, 7) is 6.71. The van der Waals surface area contributed by atoms with Crippen LogP contribution in [0.4, 0.5) is 5.13 Å². The molecule has 278 valence electrons. The van der Waals surface area contributed by atoms with Gasteiger partial charge >= 0.3 is 11.9 Å². The number of nitrogens with two attached hydrogens (primary N) is 1. The summed E-state index contributed by atoms with van der Waals surface area (Å²) >= 11 is 8.35. The van der Waals surface area contributed by atoms with Crippen molar-refractivity contribution in [2.75, 3.05) is 38.5 Å². The Morgan fingerprint density at radius 2 is 1.94 bits per heavy atom. The number of hydrogen-bond donors (Lipinski definition) is 6. The number of benzene rings is 1. The number of phenolic OH excluding ortho intramolecular Hbond substituents is 2. The van der Waals surface area contributed by atoms with Gasteiger partial charge in [0.2, 0.25) is 5.60 Å². The van der Waals surface area contributed by atoms with Crippen LogP contribution in [0.15, 0.2) is 33.9 Å². The molecule has 1 aromatic heterocycles. The van der Waals surface area contributed by atoms with Gasteiger partial charge in [-0.25, -0.2) is 14.6 Å². The van der Waals surface area contributed by atoms with E-state index in [0.29, 0.717) is 36.2 Å². The van der Waals surface area contributed by atoms with Gasteiger partial charge in [-0.05, 0) is 32.9 Å². The molecule has 20 heteroatoms. The maximum absolute atomic E-state index is 13.6. The van der Waals surface area contributed by atoms with E-state index in [0.717, 1.165) is 30.7 Å². The number of halogens is 1. The number of carbonyl (C=O) groups is 5. The van der Waals surface area contributed by atoms with Crippen LogP contribution in [0.3, 0.4) is 0 Å². The zero-order valence-corrected chi connectivity index (χ0v) is 30.6. The van der Waals surface area contributed by atoms with Gasteiger partial charge in [0.15, 0.2) is 22.3 Å². The molecule has 4 aliphatic heterocycles. The zero-order valence-electron chi connectivity index (χ0n) is 28.2. The number of anilines is 1. The standard InChI is InChI=1S/C32H36ClN7O10S2/c1-14-17(12-40-7-4-5-16(40)11-38(6-8-40)26(44)15-9-18(33)24(42)20(41)10-15)23(29(46)47)39-27(45)22(28(39)52-14)36-25(43)21(19-13-51-31(34)35-19)37-50-32(2,3)30(48)49/h9-10,13-14,16,22,28H,4-8,11-12H2,1-3H3,(H6-,34,35,36,37,41,42,43,44,46,47,48,49)/p+1/t14-,16-,22+,28+,40?/m0/s1. The summed E-state index contributed by atoms with van der Waals surface area (Å²) in [5, 5.41) is 46.4. The first-order chi connectivity index (χ1) is 24.4. The molecule has 17 nitrogen and oxygen atoms in total. The van der Waals surface area contributed by atoms with E-state index in [1.54, 1.807) is 4.90 Å². The number of β-lactam (4-membered cyclic amide) rings is 1. The van der Waals surface area contributed by atoms with Gasteiger partial charge in [-0.15, -0.1) is 23.1 Å². The van der Waals surface area contributed by atoms with E-state index < -0.39 is 58.0 Å². The van der Waals surface area contributed by atoms with Gasteiger partial charge in [-0.3, -0.25) is 19.3 Å². The third-order valence-corrected chi connectivity index (χ3v) is 12.4. The number of nitrogens with one attached hydrogen (secondary N) is 1. The van der Waals surface area contributed by atoms with Gasteiger partial charge in [0, 0.05) is 34.6 Å². The van der Waals surface area contributed by atoms with E-state index in [-0.39, 0.29) is 44.3 Å². The number of carbonyl (C=O) groups excluding carboxylic acids is 3. The number of piperazine rings is 1. The summed E-state index contributed by atoms with van der Waals surface area (Å²) in [6.07, 6.45) is 1.65. The third kappa shape index (κ3) is 6.61. The van der Waals surface area contributed by atoms with Crippen LogP contribution in [-0.4, -0.2) is 136 Å². The van der Waals surface area contributed by atoms with Gasteiger partial charge < -0.3 is 45.7 Å². The van der Waals surface area contributed by atoms with Gasteiger partial charge in [0.05, 0.1) is 31.2 Å². The minimum atomic E-state index is -1.80. The number of carboxylic acid groups (broad SMARTS) is 2. The van der Waals surface area contributed by atoms with Crippen LogP contribution in [0.25, 0.3) is 0 Å². The summed E-state index contributed by atoms with van der Waals surface area (Å²) in [6, 6.07) is 1.34. The number of phenols is 2. The van der Waals surface area contributed by atoms with Crippen molar-refractivity contribution in [2.24, 2.45) is 5.16 Å². The van der Waals surface area contributed by atoms with Crippen LogP contribution in [0, 0.1) is 0 Å². The number of aromatic hydroxyl groups is 2. The summed E-state index contributed by atoms with van der Waals surface area (Å²) in [5.74, 6) is -5.49. The Morgan fingerprint density at radius 1 is 1.21 bits per heavy atom. The van der Waals surface area contributed by atoms with E-state index in [4.69, 9.17) is 22.2 Å². The number of aromatic nitrogens is 1. The van der Waals surface area contributed by atoms with Crippen molar-refractivity contribution in [1.82, 2.24) is 20.1 Å². The number of rotatable bonds is 10. The van der Waals surface area contributed by atoms with E-state index >= 15 is 0 Å². The maximum Gasteiger partial charge on any atom is 0.352 e. The Hall–Kier alpha value is -4.59. The first-order valence-electron chi connectivity index (χ1n) is 16.3. The molecular weight excluding hydrogens is 742 g/mol. The van der Waals surface area contributed by atoms with Crippen LogP contribution in [-0.2, 0) is 24.0 Å². The van der Waals surface area contributed by atoms with Crippen LogP contribution in [0.5, 0.6) is 11.5 Å². The number of quaternary nitrogens is 1. The smallest absolute Gasteiger partial charge is 0.352 e. The lowest BCUT2D eigenvalue weighted by Gasteiger charge is -2.53. The lowest BCUT2D eigenvalue weighted by atomic mass is 9.98. The Morgan fingerprint density at radius 3 is 2.58 bits per heavy atom. The van der Waals surface area contributed by atoms with Gasteiger partial charge in [0.25, 0.3) is 17.7 Å². The first kappa shape index (κ1) is 37.2. The Balaban J connectivity index is 1.21. The number of oxime groups is 1. The van der Waals surface area contributed by atoms with E-state index in [9.17, 15) is 44.4 Å². The second-order valence-electron chi connectivity index (χ2n) is 13.6. The fourth-order valence-electron chi connectivity index (χ4n) is 7.09. The average molecular weight is 779 g/mol. The van der Waals surface area contributed by atoms with Crippen molar-refractivity contribution in [3.8, 4) is 11.5 Å². The fourth-order valence-corrected chi connectivity index (χ4v) is 9.29. The quantitative estimate of drug-likeness (QED) is 0.0661. The largest absolute Gasteiger partial charge is 0.504 e. The summed E-state index contributed by atoms with van der Waals surface area (Å²) in [5.41, 5.74) is 4.14. The molecule has 0 radical (unpaired) electrons. The number of amides is 3. The predicted molar refractivity (Wildman–Crippen MR) is 189 cm³/mol. The second-order valence-corrected chi connectivity index (χ2v) is 16.4. The average Bonchev–Trinajstić information content (AvgIpc) is 3.71. The first-order valence-corrected chi connectivity index (χ1v) is 18.5. The highest BCUT2D eigenvalue weighted by atomic mass is 35.5. The van der Waals surface area contributed by atoms with Crippen molar-refractivity contribution >= 4 is 75.2 Å². The highest BCUT2D eigenvalue weighted by Gasteiger charge is 2.58. The van der Waals surface area contributed by atoms with Crippen LogP contribution in [0.1, 0.15) is 49.7 Å². The number of aliphatic carboxylic acids is 2. The van der Waals surface area contributed by atoms with E-state index in [1.807, 2.05) is 6.92 Å². The molecular formula is C32H37ClN7O10S2+. The van der Waals surface area contributed by atoms with E-state index in [2.05, 4.69) is 15.5 Å². The van der Waals surface area contributed by atoms with Crippen LogP contribution >= 0.6 is 34.7 Å². The number of thioether (sulfide) groups is 1. The molecule has 1 aromatic carbocycles. The minimum absolute atomic E-state index is 0.00351. The van der Waals surface area contributed by atoms with Crippen LogP contribution in [0.2, 0.25) is 5.02 Å². The molecule has 7 N–H and O–H groups in total. The van der Waals surface area contributed by atoms with Crippen molar-refractivity contribution in [3.05, 3.63) is 45.1 Å². The lowest BCUT2D eigenvalue weighted by Crippen LogP contribution is -2.72. The highest BCUT2D eigenvalue weighted by molar-refractivity contribution is 8.00. The number of fused-ring (bicyclic) bond motifs is 2. The molecule has 3 amide bonds. The van der Waals surface area contributed by atoms with E-state index in [1.165, 1.54) is 48.0 Å². The van der Waals surface area contributed by atoms with Gasteiger partial charge in [-0.2, -0.15) is 0 Å². The molecule has 1 unspecified atom stereocenters. The molecule has 52 heavy (non-hydrogen) atoms. The summed E-state index contributed by atoms with van der Waals surface area (Å²) < 4.78 is 0.540. The minimum Gasteiger partial charge on any atom is -0.504 e. The topological polar surface area (TPSA) is 245 Å². The van der Waals surface area contributed by atoms with Gasteiger partial charge in [-0.1, -0.05) is 16.8 Å². The molecule has 3 fully saturated rings. The van der Waals surface area contributed by atoms with Crippen molar-refractivity contribution < 1.29 is 53.7 Å². The lowest BCUT2D eigenvalue weighted by molar-refractivity contribution is -0.938. The second kappa shape index (κ2) is 13.8. The number of nitrogen functional groups attached to an aromatic ring is 1. The number of hydrogen-bond acceptors (Lipinski definition) is 13. The molecule has 0 aliphatic carbocycles. The van der Waals surface area contributed by atoms with Crippen molar-refractivity contribution in [2.45, 2.75) is 61.9 Å². The Bertz CT molecular complexity index is 1910. The maximum atomic E-state index is 13.6. The van der Waals surface area contributed by atoms with Crippen molar-refractivity contribution in [1.29, 1.82) is 0 Å². The molecule has 5 atom stereocenters. The molecule has 5 heterocycles. The number of carboxylic acids is 2. The molecule has 0 bridgehead atoms. The zero-order chi connectivity index (χ0) is 37.9. The fraction of sp³-hybridized carbons (Fsp3) is 0.469. The molecule has 3 saturated heterocycles. The third-order valence-electron chi connectivity index (χ3n) is 10.00. The van der Waals surface area contributed by atoms with Crippen molar-refractivity contribution in [3.63, 3.8) is 0 Å². The molecule has 2 aromatic rings. The summed E-state index contributed by atoms with van der Waals surface area (Å²) in [7, 11) is 0. The molecule has 0 saturated carbocycles. The highest BCUT2D eigenvalue weighted by Crippen LogP contribution is 2.46. The Kier molecular flexibility index (Phi) is 9.83. The molecule has 0 spiro atoms. The number of nitrogens with zero attached hydrogens (tertiary/aromatic N) is 5. The predicted octanol–water partition coefficient (Wildman–Crippen LogP) is 1.64.